The van der Waals surface area contributed by atoms with E-state index in [1.54, 1.807) is 6.08 Å². The molecule has 4 heteroatoms. The van der Waals surface area contributed by atoms with Crippen LogP contribution in [-0.4, -0.2) is 5.91 Å². The van der Waals surface area contributed by atoms with Gasteiger partial charge in [0, 0.05) is 16.2 Å². The lowest BCUT2D eigenvalue weighted by Gasteiger charge is -2.01. The maximum Gasteiger partial charge on any atom is 0.248 e. The summed E-state index contributed by atoms with van der Waals surface area (Å²) >= 11 is 3.36. The predicted molar refractivity (Wildman–Crippen MR) is 78.2 cm³/mol. The molecule has 0 aliphatic heterocycles. The average Bonchev–Trinajstić information content (AvgIpc) is 2.39. The highest BCUT2D eigenvalue weighted by molar-refractivity contribution is 9.10. The number of halogens is 2. The van der Waals surface area contributed by atoms with E-state index in [4.69, 9.17) is 0 Å². The van der Waals surface area contributed by atoms with Gasteiger partial charge in [-0.2, -0.15) is 0 Å². The van der Waals surface area contributed by atoms with Gasteiger partial charge in [0.25, 0.3) is 0 Å². The molecule has 0 heterocycles. The van der Waals surface area contributed by atoms with Crippen LogP contribution in [0.3, 0.4) is 0 Å². The first kappa shape index (κ1) is 13.5. The molecule has 0 atom stereocenters. The second kappa shape index (κ2) is 6.29. The molecule has 19 heavy (non-hydrogen) atoms. The summed E-state index contributed by atoms with van der Waals surface area (Å²) in [6.45, 7) is 0. The molecular formula is C15H11BrFNO. The zero-order chi connectivity index (χ0) is 13.7. The Morgan fingerprint density at radius 3 is 2.58 bits per heavy atom. The van der Waals surface area contributed by atoms with Gasteiger partial charge < -0.3 is 5.32 Å². The highest BCUT2D eigenvalue weighted by Crippen LogP contribution is 2.13. The zero-order valence-electron chi connectivity index (χ0n) is 9.94. The van der Waals surface area contributed by atoms with E-state index in [-0.39, 0.29) is 11.7 Å². The maximum absolute atomic E-state index is 12.7. The Morgan fingerprint density at radius 1 is 1.16 bits per heavy atom. The van der Waals surface area contributed by atoms with Gasteiger partial charge in [0.1, 0.15) is 5.82 Å². The van der Waals surface area contributed by atoms with Gasteiger partial charge in [-0.05, 0) is 48.0 Å². The Kier molecular flexibility index (Phi) is 4.47. The van der Waals surface area contributed by atoms with E-state index in [2.05, 4.69) is 21.2 Å². The molecule has 1 N–H and O–H groups in total. The first-order valence-corrected chi connectivity index (χ1v) is 6.43. The van der Waals surface area contributed by atoms with E-state index in [0.29, 0.717) is 5.69 Å². The standard InChI is InChI=1S/C15H11BrFNO/c16-12-3-1-2-11(10-12)4-9-15(19)18-14-7-5-13(17)6-8-14/h1-10H,(H,18,19)/b9-4+. The fourth-order valence-corrected chi connectivity index (χ4v) is 1.92. The van der Waals surface area contributed by atoms with Crippen LogP contribution in [0.4, 0.5) is 10.1 Å². The number of carbonyl (C=O) groups is 1. The summed E-state index contributed by atoms with van der Waals surface area (Å²) in [6, 6.07) is 13.2. The summed E-state index contributed by atoms with van der Waals surface area (Å²) in [5.41, 5.74) is 1.48. The van der Waals surface area contributed by atoms with Crippen molar-refractivity contribution in [3.05, 3.63) is 70.5 Å². The van der Waals surface area contributed by atoms with Gasteiger partial charge >= 0.3 is 0 Å². The molecule has 96 valence electrons. The van der Waals surface area contributed by atoms with Crippen molar-refractivity contribution in [2.75, 3.05) is 5.32 Å². The molecule has 0 spiro atoms. The lowest BCUT2D eigenvalue weighted by Crippen LogP contribution is -2.07. The van der Waals surface area contributed by atoms with Crippen LogP contribution < -0.4 is 5.32 Å². The third-order valence-corrected chi connectivity index (χ3v) is 2.88. The van der Waals surface area contributed by atoms with Crippen LogP contribution in [0.5, 0.6) is 0 Å². The van der Waals surface area contributed by atoms with Gasteiger partial charge in [0.2, 0.25) is 5.91 Å². The molecule has 0 bridgehead atoms. The van der Waals surface area contributed by atoms with E-state index in [1.165, 1.54) is 30.3 Å². The van der Waals surface area contributed by atoms with E-state index >= 15 is 0 Å². The minimum atomic E-state index is -0.331. The SMILES string of the molecule is O=C(/C=C/c1cccc(Br)c1)Nc1ccc(F)cc1. The first-order chi connectivity index (χ1) is 9.13. The number of carbonyl (C=O) groups excluding carboxylic acids is 1. The van der Waals surface area contributed by atoms with Gasteiger partial charge in [-0.1, -0.05) is 28.1 Å². The van der Waals surface area contributed by atoms with Crippen LogP contribution in [0.15, 0.2) is 59.1 Å². The Morgan fingerprint density at radius 2 is 1.89 bits per heavy atom. The number of hydrogen-bond donors (Lipinski definition) is 1. The maximum atomic E-state index is 12.7. The summed E-state index contributed by atoms with van der Waals surface area (Å²) in [7, 11) is 0. The molecule has 0 saturated heterocycles. The lowest BCUT2D eigenvalue weighted by atomic mass is 10.2. The van der Waals surface area contributed by atoms with Crippen LogP contribution in [0.2, 0.25) is 0 Å². The third kappa shape index (κ3) is 4.34. The molecular weight excluding hydrogens is 309 g/mol. The number of nitrogens with one attached hydrogen (secondary N) is 1. The summed E-state index contributed by atoms with van der Waals surface area (Å²) in [4.78, 5) is 11.7. The Bertz CT molecular complexity index is 608. The van der Waals surface area contributed by atoms with Crippen LogP contribution in [0.1, 0.15) is 5.56 Å². The molecule has 0 aromatic heterocycles. The van der Waals surface area contributed by atoms with Gasteiger partial charge in [-0.3, -0.25) is 4.79 Å². The Labute approximate surface area is 119 Å². The normalized spacial score (nSPS) is 10.6. The van der Waals surface area contributed by atoms with Gasteiger partial charge in [0.15, 0.2) is 0 Å². The van der Waals surface area contributed by atoms with Gasteiger partial charge in [-0.25, -0.2) is 4.39 Å². The lowest BCUT2D eigenvalue weighted by molar-refractivity contribution is -0.111. The summed E-state index contributed by atoms with van der Waals surface area (Å²) in [5.74, 6) is -0.589. The van der Waals surface area contributed by atoms with Crippen molar-refractivity contribution in [3.63, 3.8) is 0 Å². The molecule has 0 unspecified atom stereocenters. The van der Waals surface area contributed by atoms with E-state index < -0.39 is 0 Å². The summed E-state index contributed by atoms with van der Waals surface area (Å²) in [5, 5.41) is 2.65. The van der Waals surface area contributed by atoms with Crippen LogP contribution >= 0.6 is 15.9 Å². The van der Waals surface area contributed by atoms with Crippen LogP contribution in [0, 0.1) is 5.82 Å². The van der Waals surface area contributed by atoms with Gasteiger partial charge in [-0.15, -0.1) is 0 Å². The highest BCUT2D eigenvalue weighted by Gasteiger charge is 1.98. The number of amides is 1. The number of rotatable bonds is 3. The van der Waals surface area contributed by atoms with Crippen molar-refractivity contribution >= 4 is 33.6 Å². The van der Waals surface area contributed by atoms with Crippen molar-refractivity contribution in [1.29, 1.82) is 0 Å². The number of hydrogen-bond acceptors (Lipinski definition) is 1. The smallest absolute Gasteiger partial charge is 0.248 e. The number of anilines is 1. The van der Waals surface area contributed by atoms with E-state index in [0.717, 1.165) is 10.0 Å². The van der Waals surface area contributed by atoms with Crippen molar-refractivity contribution in [3.8, 4) is 0 Å². The second-order valence-electron chi connectivity index (χ2n) is 3.88. The fourth-order valence-electron chi connectivity index (χ4n) is 1.50. The molecule has 2 aromatic carbocycles. The quantitative estimate of drug-likeness (QED) is 0.842. The van der Waals surface area contributed by atoms with Crippen molar-refractivity contribution in [2.24, 2.45) is 0 Å². The Balaban J connectivity index is 1.99. The van der Waals surface area contributed by atoms with Crippen molar-refractivity contribution < 1.29 is 9.18 Å². The molecule has 0 radical (unpaired) electrons. The van der Waals surface area contributed by atoms with Crippen LogP contribution in [-0.2, 0) is 4.79 Å². The molecule has 0 aliphatic carbocycles. The topological polar surface area (TPSA) is 29.1 Å². The monoisotopic (exact) mass is 319 g/mol. The molecule has 1 amide bonds. The average molecular weight is 320 g/mol. The highest BCUT2D eigenvalue weighted by atomic mass is 79.9. The van der Waals surface area contributed by atoms with E-state index in [9.17, 15) is 9.18 Å². The summed E-state index contributed by atoms with van der Waals surface area (Å²) in [6.07, 6.45) is 3.15. The van der Waals surface area contributed by atoms with E-state index in [1.807, 2.05) is 24.3 Å². The Hall–Kier alpha value is -1.94. The largest absolute Gasteiger partial charge is 0.323 e. The number of benzene rings is 2. The third-order valence-electron chi connectivity index (χ3n) is 2.39. The molecule has 2 nitrogen and oxygen atoms in total. The minimum Gasteiger partial charge on any atom is -0.323 e. The molecule has 2 rings (SSSR count). The predicted octanol–water partition coefficient (Wildman–Crippen LogP) is 4.24. The van der Waals surface area contributed by atoms with Crippen molar-refractivity contribution in [1.82, 2.24) is 0 Å². The second-order valence-corrected chi connectivity index (χ2v) is 4.80. The minimum absolute atomic E-state index is 0.258. The van der Waals surface area contributed by atoms with Crippen molar-refractivity contribution in [2.45, 2.75) is 0 Å². The van der Waals surface area contributed by atoms with Crippen LogP contribution in [0.25, 0.3) is 6.08 Å². The molecule has 2 aromatic rings. The zero-order valence-corrected chi connectivity index (χ0v) is 11.5. The summed E-state index contributed by atoms with van der Waals surface area (Å²) < 4.78 is 13.7. The molecule has 0 fully saturated rings. The van der Waals surface area contributed by atoms with Gasteiger partial charge in [0.05, 0.1) is 0 Å². The molecule has 0 aliphatic rings. The fraction of sp³-hybridized carbons (Fsp3) is 0. The molecule has 0 saturated carbocycles. The first-order valence-electron chi connectivity index (χ1n) is 5.64.